The third kappa shape index (κ3) is 4.44. The Bertz CT molecular complexity index is 1000. The number of nitrogens with zero attached hydrogens (tertiary/aromatic N) is 1. The molecule has 0 amide bonds. The van der Waals surface area contributed by atoms with Gasteiger partial charge < -0.3 is 10.0 Å². The van der Waals surface area contributed by atoms with Crippen LogP contribution in [0.25, 0.3) is 0 Å². The van der Waals surface area contributed by atoms with Gasteiger partial charge in [-0.15, -0.1) is 0 Å². The van der Waals surface area contributed by atoms with E-state index in [4.69, 9.17) is 0 Å². The van der Waals surface area contributed by atoms with E-state index in [0.29, 0.717) is 5.41 Å². The molecule has 0 aromatic heterocycles. The monoisotopic (exact) mass is 415 g/mol. The molecule has 0 unspecified atom stereocenters. The zero-order valence-electron chi connectivity index (χ0n) is 17.9. The average Bonchev–Trinajstić information content (AvgIpc) is 3.59. The predicted molar refractivity (Wildman–Crippen MR) is 123 cm³/mol. The fourth-order valence-electron chi connectivity index (χ4n) is 5.05. The van der Waals surface area contributed by atoms with Crippen molar-refractivity contribution in [2.45, 2.75) is 43.1 Å². The molecule has 5 rings (SSSR count). The van der Waals surface area contributed by atoms with Crippen LogP contribution in [0.2, 0.25) is 0 Å². The summed E-state index contributed by atoms with van der Waals surface area (Å²) >= 11 is 0. The molecule has 0 bridgehead atoms. The molecule has 1 aliphatic carbocycles. The first kappa shape index (κ1) is 20.4. The van der Waals surface area contributed by atoms with E-state index in [2.05, 4.69) is 59.5 Å². The lowest BCUT2D eigenvalue weighted by Crippen LogP contribution is -2.45. The van der Waals surface area contributed by atoms with Gasteiger partial charge in [0.15, 0.2) is 0 Å². The molecular weight excluding hydrogens is 385 g/mol. The molecule has 2 fully saturated rings. The second-order valence-corrected chi connectivity index (χ2v) is 9.45. The molecule has 31 heavy (non-hydrogen) atoms. The molecule has 1 saturated heterocycles. The number of hydrogen-bond donors (Lipinski definition) is 1. The number of hydrogen-bond acceptors (Lipinski definition) is 2. The van der Waals surface area contributed by atoms with Crippen LogP contribution in [0.15, 0.2) is 78.9 Å². The highest BCUT2D eigenvalue weighted by Gasteiger charge is 2.46. The maximum absolute atomic E-state index is 13.1. The van der Waals surface area contributed by atoms with Gasteiger partial charge in [-0.2, -0.15) is 0 Å². The van der Waals surface area contributed by atoms with Crippen molar-refractivity contribution in [3.63, 3.8) is 0 Å². The highest BCUT2D eigenvalue weighted by Crippen LogP contribution is 2.49. The standard InChI is InChI=1S/C28H30FNO/c29-26-12-8-23(9-13-26)20-22-6-10-25(11-7-22)28(31)16-18-30(19-17-28)21-27(14-15-27)24-4-2-1-3-5-24/h1-13,31H,14-21H2. The van der Waals surface area contributed by atoms with Gasteiger partial charge in [0.05, 0.1) is 5.60 Å². The number of benzene rings is 3. The largest absolute Gasteiger partial charge is 0.385 e. The quantitative estimate of drug-likeness (QED) is 0.580. The summed E-state index contributed by atoms with van der Waals surface area (Å²) in [6, 6.07) is 25.9. The van der Waals surface area contributed by atoms with Crippen LogP contribution in [-0.2, 0) is 17.4 Å². The van der Waals surface area contributed by atoms with E-state index < -0.39 is 5.60 Å². The Hall–Kier alpha value is -2.49. The minimum absolute atomic E-state index is 0.205. The van der Waals surface area contributed by atoms with Crippen LogP contribution < -0.4 is 0 Å². The van der Waals surface area contributed by atoms with Crippen LogP contribution >= 0.6 is 0 Å². The van der Waals surface area contributed by atoms with Crippen LogP contribution in [0.3, 0.4) is 0 Å². The Balaban J connectivity index is 1.20. The van der Waals surface area contributed by atoms with Crippen molar-refractivity contribution < 1.29 is 9.50 Å². The van der Waals surface area contributed by atoms with E-state index in [9.17, 15) is 9.50 Å². The van der Waals surface area contributed by atoms with Gasteiger partial charge in [-0.1, -0.05) is 66.7 Å². The van der Waals surface area contributed by atoms with Crippen LogP contribution in [0.5, 0.6) is 0 Å². The first-order valence-corrected chi connectivity index (χ1v) is 11.4. The molecule has 1 heterocycles. The molecule has 2 aliphatic rings. The number of aliphatic hydroxyl groups is 1. The number of likely N-dealkylation sites (tertiary alicyclic amines) is 1. The molecule has 1 N–H and O–H groups in total. The molecule has 1 aliphatic heterocycles. The predicted octanol–water partition coefficient (Wildman–Crippen LogP) is 5.43. The summed E-state index contributed by atoms with van der Waals surface area (Å²) in [6.07, 6.45) is 4.86. The van der Waals surface area contributed by atoms with E-state index in [0.717, 1.165) is 50.0 Å². The summed E-state index contributed by atoms with van der Waals surface area (Å²) in [7, 11) is 0. The summed E-state index contributed by atoms with van der Waals surface area (Å²) in [6.45, 7) is 2.97. The van der Waals surface area contributed by atoms with E-state index in [1.807, 2.05) is 12.1 Å². The minimum atomic E-state index is -0.742. The molecule has 3 aromatic carbocycles. The molecule has 3 aromatic rings. The maximum atomic E-state index is 13.1. The third-order valence-electron chi connectivity index (χ3n) is 7.26. The van der Waals surface area contributed by atoms with Crippen molar-refractivity contribution in [1.82, 2.24) is 4.90 Å². The van der Waals surface area contributed by atoms with Crippen LogP contribution in [0, 0.1) is 5.82 Å². The summed E-state index contributed by atoms with van der Waals surface area (Å²) in [5.74, 6) is -0.205. The smallest absolute Gasteiger partial charge is 0.123 e. The summed E-state index contributed by atoms with van der Waals surface area (Å²) in [5.41, 5.74) is 4.34. The number of halogens is 1. The fraction of sp³-hybridized carbons (Fsp3) is 0.357. The van der Waals surface area contributed by atoms with Gasteiger partial charge >= 0.3 is 0 Å². The lowest BCUT2D eigenvalue weighted by molar-refractivity contribution is -0.0276. The van der Waals surface area contributed by atoms with Gasteiger partial charge in [-0.25, -0.2) is 4.39 Å². The van der Waals surface area contributed by atoms with Gasteiger partial charge in [-0.3, -0.25) is 0 Å². The zero-order chi connectivity index (χ0) is 21.3. The third-order valence-corrected chi connectivity index (χ3v) is 7.26. The SMILES string of the molecule is OC1(c2ccc(Cc3ccc(F)cc3)cc2)CCN(CC2(c3ccccc3)CC2)CC1. The Morgan fingerprint density at radius 2 is 1.29 bits per heavy atom. The Labute approximate surface area is 184 Å². The molecule has 3 heteroatoms. The average molecular weight is 416 g/mol. The Kier molecular flexibility index (Phi) is 5.41. The highest BCUT2D eigenvalue weighted by atomic mass is 19.1. The summed E-state index contributed by atoms with van der Waals surface area (Å²) in [5, 5.41) is 11.3. The van der Waals surface area contributed by atoms with Gasteiger partial charge in [0, 0.05) is 25.0 Å². The fourth-order valence-corrected chi connectivity index (χ4v) is 5.05. The summed E-state index contributed by atoms with van der Waals surface area (Å²) in [4.78, 5) is 2.54. The first-order valence-electron chi connectivity index (χ1n) is 11.4. The van der Waals surface area contributed by atoms with E-state index in [1.165, 1.54) is 36.1 Å². The second-order valence-electron chi connectivity index (χ2n) is 9.45. The highest BCUT2D eigenvalue weighted by molar-refractivity contribution is 5.33. The van der Waals surface area contributed by atoms with Crippen molar-refractivity contribution in [3.8, 4) is 0 Å². The molecule has 1 saturated carbocycles. The van der Waals surface area contributed by atoms with Gasteiger partial charge in [-0.05, 0) is 66.5 Å². The Morgan fingerprint density at radius 3 is 1.87 bits per heavy atom. The molecule has 0 radical (unpaired) electrons. The normalized spacial score (nSPS) is 19.8. The molecule has 160 valence electrons. The van der Waals surface area contributed by atoms with Crippen LogP contribution in [0.4, 0.5) is 4.39 Å². The van der Waals surface area contributed by atoms with Crippen LogP contribution in [-0.4, -0.2) is 29.6 Å². The van der Waals surface area contributed by atoms with Gasteiger partial charge in [0.2, 0.25) is 0 Å². The van der Waals surface area contributed by atoms with Crippen LogP contribution in [0.1, 0.15) is 47.9 Å². The van der Waals surface area contributed by atoms with Crippen molar-refractivity contribution in [3.05, 3.63) is 107 Å². The van der Waals surface area contributed by atoms with Crippen molar-refractivity contribution >= 4 is 0 Å². The molecular formula is C28H30FNO. The first-order chi connectivity index (χ1) is 15.0. The maximum Gasteiger partial charge on any atom is 0.123 e. The Morgan fingerprint density at radius 1 is 0.710 bits per heavy atom. The second kappa shape index (κ2) is 8.22. The molecule has 0 spiro atoms. The summed E-state index contributed by atoms with van der Waals surface area (Å²) < 4.78 is 13.1. The van der Waals surface area contributed by atoms with Crippen molar-refractivity contribution in [2.75, 3.05) is 19.6 Å². The zero-order valence-corrected chi connectivity index (χ0v) is 17.9. The van der Waals surface area contributed by atoms with Gasteiger partial charge in [0.25, 0.3) is 0 Å². The van der Waals surface area contributed by atoms with Crippen molar-refractivity contribution in [1.29, 1.82) is 0 Å². The molecule has 0 atom stereocenters. The van der Waals surface area contributed by atoms with E-state index in [-0.39, 0.29) is 5.82 Å². The van der Waals surface area contributed by atoms with Gasteiger partial charge in [0.1, 0.15) is 5.82 Å². The minimum Gasteiger partial charge on any atom is -0.385 e. The lowest BCUT2D eigenvalue weighted by Gasteiger charge is -2.40. The topological polar surface area (TPSA) is 23.5 Å². The van der Waals surface area contributed by atoms with E-state index >= 15 is 0 Å². The molecule has 2 nitrogen and oxygen atoms in total. The number of piperidine rings is 1. The van der Waals surface area contributed by atoms with E-state index in [1.54, 1.807) is 0 Å². The van der Waals surface area contributed by atoms with Crippen molar-refractivity contribution in [2.24, 2.45) is 0 Å². The lowest BCUT2D eigenvalue weighted by atomic mass is 9.83. The number of rotatable bonds is 6.